The van der Waals surface area contributed by atoms with Crippen molar-refractivity contribution in [2.75, 3.05) is 35.5 Å². The minimum atomic E-state index is -1.40. The van der Waals surface area contributed by atoms with Gasteiger partial charge in [-0.1, -0.05) is 42.5 Å². The van der Waals surface area contributed by atoms with Crippen LogP contribution in [0, 0.1) is 0 Å². The zero-order valence-corrected chi connectivity index (χ0v) is 21.5. The van der Waals surface area contributed by atoms with Gasteiger partial charge in [0.05, 0.1) is 21.3 Å². The molecular weight excluding hydrogens is 480 g/mol. The van der Waals surface area contributed by atoms with Crippen molar-refractivity contribution < 1.29 is 43.1 Å². The molecule has 0 bridgehead atoms. The summed E-state index contributed by atoms with van der Waals surface area (Å²) in [4.78, 5) is 12.6. The van der Waals surface area contributed by atoms with E-state index >= 15 is 0 Å². The fraction of sp³-hybridized carbons (Fsp3) is 0.321. The number of rotatable bonds is 13. The molecule has 3 rings (SSSR count). The standard InChI is InChI=1S/C28H32O9/c1-31-23-15-19(11-13-21(23)36-17-18-9-7-6-8-10-18)25(29)26(27(30)33-3)37-22-14-12-20(16-24(22)32-2)28(34-4)35-5/h6-16,25-26,28-29H,17H2,1-5H3. The molecular formula is C28H32O9. The van der Waals surface area contributed by atoms with Crippen molar-refractivity contribution in [2.24, 2.45) is 0 Å². The van der Waals surface area contributed by atoms with E-state index in [2.05, 4.69) is 0 Å². The van der Waals surface area contributed by atoms with Gasteiger partial charge in [-0.25, -0.2) is 4.79 Å². The first kappa shape index (κ1) is 27.8. The molecule has 9 nitrogen and oxygen atoms in total. The third-order valence-corrected chi connectivity index (χ3v) is 5.63. The summed E-state index contributed by atoms with van der Waals surface area (Å²) in [6.45, 7) is 0.343. The van der Waals surface area contributed by atoms with Crippen LogP contribution in [0.2, 0.25) is 0 Å². The maximum Gasteiger partial charge on any atom is 0.350 e. The van der Waals surface area contributed by atoms with E-state index in [-0.39, 0.29) is 5.75 Å². The molecule has 0 saturated carbocycles. The number of ether oxygens (including phenoxy) is 7. The molecule has 2 atom stereocenters. The summed E-state index contributed by atoms with van der Waals surface area (Å²) < 4.78 is 38.2. The molecule has 1 N–H and O–H groups in total. The summed E-state index contributed by atoms with van der Waals surface area (Å²) in [7, 11) is 7.20. The van der Waals surface area contributed by atoms with Crippen molar-refractivity contribution in [1.29, 1.82) is 0 Å². The summed E-state index contributed by atoms with van der Waals surface area (Å²) in [6, 6.07) is 19.6. The topological polar surface area (TPSA) is 102 Å². The number of carbonyl (C=O) groups excluding carboxylic acids is 1. The van der Waals surface area contributed by atoms with E-state index in [4.69, 9.17) is 33.2 Å². The van der Waals surface area contributed by atoms with E-state index in [1.54, 1.807) is 36.4 Å². The number of hydrogen-bond acceptors (Lipinski definition) is 9. The molecule has 0 radical (unpaired) electrons. The zero-order chi connectivity index (χ0) is 26.8. The lowest BCUT2D eigenvalue weighted by atomic mass is 10.0. The van der Waals surface area contributed by atoms with Gasteiger partial charge >= 0.3 is 5.97 Å². The Morgan fingerprint density at radius 2 is 1.35 bits per heavy atom. The number of esters is 1. The van der Waals surface area contributed by atoms with Crippen LogP contribution in [0.1, 0.15) is 29.1 Å². The molecule has 0 heterocycles. The van der Waals surface area contributed by atoms with E-state index in [9.17, 15) is 9.90 Å². The molecule has 3 aromatic carbocycles. The number of hydrogen-bond donors (Lipinski definition) is 1. The second kappa shape index (κ2) is 13.5. The van der Waals surface area contributed by atoms with Gasteiger partial charge in [-0.3, -0.25) is 0 Å². The Morgan fingerprint density at radius 3 is 1.97 bits per heavy atom. The lowest BCUT2D eigenvalue weighted by Crippen LogP contribution is -2.35. The van der Waals surface area contributed by atoms with E-state index in [0.29, 0.717) is 35.0 Å². The molecule has 0 aliphatic carbocycles. The quantitative estimate of drug-likeness (QED) is 0.266. The monoisotopic (exact) mass is 512 g/mol. The second-order valence-electron chi connectivity index (χ2n) is 7.90. The van der Waals surface area contributed by atoms with Crippen molar-refractivity contribution in [1.82, 2.24) is 0 Å². The van der Waals surface area contributed by atoms with Gasteiger partial charge in [0.15, 0.2) is 29.3 Å². The summed E-state index contributed by atoms with van der Waals surface area (Å²) in [6.07, 6.45) is -3.40. The van der Waals surface area contributed by atoms with Gasteiger partial charge in [0.25, 0.3) is 0 Å². The number of benzene rings is 3. The third-order valence-electron chi connectivity index (χ3n) is 5.63. The molecule has 198 valence electrons. The number of aliphatic hydroxyl groups excluding tert-OH is 1. The van der Waals surface area contributed by atoms with Crippen molar-refractivity contribution >= 4 is 5.97 Å². The van der Waals surface area contributed by atoms with Crippen molar-refractivity contribution in [3.63, 3.8) is 0 Å². The number of carbonyl (C=O) groups is 1. The van der Waals surface area contributed by atoms with Crippen molar-refractivity contribution in [3.8, 4) is 23.0 Å². The van der Waals surface area contributed by atoms with Gasteiger partial charge in [0.2, 0.25) is 6.10 Å². The van der Waals surface area contributed by atoms with Gasteiger partial charge in [-0.05, 0) is 35.4 Å². The van der Waals surface area contributed by atoms with Crippen molar-refractivity contribution in [2.45, 2.75) is 25.1 Å². The average Bonchev–Trinajstić information content (AvgIpc) is 2.95. The van der Waals surface area contributed by atoms with E-state index in [0.717, 1.165) is 5.56 Å². The molecule has 37 heavy (non-hydrogen) atoms. The van der Waals surface area contributed by atoms with Crippen LogP contribution in [0.3, 0.4) is 0 Å². The summed E-state index contributed by atoms with van der Waals surface area (Å²) in [5.74, 6) is 0.652. The number of aliphatic hydroxyl groups is 1. The van der Waals surface area contributed by atoms with Crippen LogP contribution in [0.25, 0.3) is 0 Å². The number of methoxy groups -OCH3 is 5. The smallest absolute Gasteiger partial charge is 0.350 e. The predicted molar refractivity (Wildman–Crippen MR) is 135 cm³/mol. The molecule has 3 aromatic rings. The largest absolute Gasteiger partial charge is 0.493 e. The van der Waals surface area contributed by atoms with E-state index in [1.165, 1.54) is 35.5 Å². The van der Waals surface area contributed by atoms with Crippen LogP contribution in [0.4, 0.5) is 0 Å². The third kappa shape index (κ3) is 6.91. The maximum absolute atomic E-state index is 12.6. The first-order chi connectivity index (χ1) is 17.9. The summed E-state index contributed by atoms with van der Waals surface area (Å²) in [5, 5.41) is 11.1. The highest BCUT2D eigenvalue weighted by molar-refractivity contribution is 5.76. The highest BCUT2D eigenvalue weighted by Crippen LogP contribution is 2.36. The molecule has 0 amide bonds. The van der Waals surface area contributed by atoms with E-state index in [1.807, 2.05) is 30.3 Å². The Labute approximate surface area is 216 Å². The minimum Gasteiger partial charge on any atom is -0.493 e. The van der Waals surface area contributed by atoms with Crippen LogP contribution < -0.4 is 18.9 Å². The van der Waals surface area contributed by atoms with Crippen LogP contribution in [-0.4, -0.2) is 52.7 Å². The molecule has 0 saturated heterocycles. The first-order valence-corrected chi connectivity index (χ1v) is 11.5. The zero-order valence-electron chi connectivity index (χ0n) is 21.5. The predicted octanol–water partition coefficient (Wildman–Crippen LogP) is 4.23. The molecule has 0 fully saturated rings. The van der Waals surface area contributed by atoms with Crippen LogP contribution >= 0.6 is 0 Å². The molecule has 0 aliphatic heterocycles. The van der Waals surface area contributed by atoms with Gasteiger partial charge in [0.1, 0.15) is 12.7 Å². The SMILES string of the molecule is COC(=O)C(Oc1ccc(C(OC)OC)cc1OC)C(O)c1ccc(OCc2ccccc2)c(OC)c1. The summed E-state index contributed by atoms with van der Waals surface area (Å²) >= 11 is 0. The minimum absolute atomic E-state index is 0.224. The molecule has 0 spiro atoms. The Balaban J connectivity index is 1.84. The average molecular weight is 513 g/mol. The van der Waals surface area contributed by atoms with Crippen molar-refractivity contribution in [3.05, 3.63) is 83.4 Å². The first-order valence-electron chi connectivity index (χ1n) is 11.5. The van der Waals surface area contributed by atoms with E-state index < -0.39 is 24.5 Å². The van der Waals surface area contributed by atoms with Crippen LogP contribution in [-0.2, 0) is 25.6 Å². The Kier molecular flexibility index (Phi) is 10.1. The van der Waals surface area contributed by atoms with Gasteiger partial charge in [-0.2, -0.15) is 0 Å². The van der Waals surface area contributed by atoms with Crippen LogP contribution in [0.5, 0.6) is 23.0 Å². The fourth-order valence-corrected chi connectivity index (χ4v) is 3.69. The van der Waals surface area contributed by atoms with Gasteiger partial charge in [-0.15, -0.1) is 0 Å². The van der Waals surface area contributed by atoms with Gasteiger partial charge < -0.3 is 38.3 Å². The molecule has 0 aliphatic rings. The lowest BCUT2D eigenvalue weighted by molar-refractivity contribution is -0.154. The molecule has 0 aromatic heterocycles. The van der Waals surface area contributed by atoms with Crippen LogP contribution in [0.15, 0.2) is 66.7 Å². The Morgan fingerprint density at radius 1 is 0.757 bits per heavy atom. The maximum atomic E-state index is 12.6. The Hall–Kier alpha value is -3.79. The van der Waals surface area contributed by atoms with Gasteiger partial charge in [0, 0.05) is 19.8 Å². The fourth-order valence-electron chi connectivity index (χ4n) is 3.69. The normalized spacial score (nSPS) is 12.5. The molecule has 2 unspecified atom stereocenters. The second-order valence-corrected chi connectivity index (χ2v) is 7.90. The Bertz CT molecular complexity index is 1150. The molecule has 9 heteroatoms. The highest BCUT2D eigenvalue weighted by atomic mass is 16.7. The lowest BCUT2D eigenvalue weighted by Gasteiger charge is -2.24. The summed E-state index contributed by atoms with van der Waals surface area (Å²) in [5.41, 5.74) is 2.05. The highest BCUT2D eigenvalue weighted by Gasteiger charge is 2.33.